The number of hydrogen-bond acceptors (Lipinski definition) is 6. The third-order valence-electron chi connectivity index (χ3n) is 4.13. The smallest absolute Gasteiger partial charge is 0.233 e. The van der Waals surface area contributed by atoms with E-state index in [4.69, 9.17) is 0 Å². The number of hydrogen-bond donors (Lipinski definition) is 1. The zero-order chi connectivity index (χ0) is 19.9. The van der Waals surface area contributed by atoms with Gasteiger partial charge in [-0.05, 0) is 44.0 Å². The number of thioether (sulfide) groups is 1. The average molecular weight is 413 g/mol. The number of benzene rings is 2. The molecule has 0 aliphatic rings. The van der Waals surface area contributed by atoms with Gasteiger partial charge in [-0.2, -0.15) is 0 Å². The zero-order valence-electron chi connectivity index (χ0n) is 16.3. The van der Waals surface area contributed by atoms with E-state index in [1.165, 1.54) is 28.7 Å². The van der Waals surface area contributed by atoms with Gasteiger partial charge >= 0.3 is 0 Å². The predicted octanol–water partition coefficient (Wildman–Crippen LogP) is 5.12. The Balaban J connectivity index is 1.56. The molecule has 0 fully saturated rings. The maximum Gasteiger partial charge on any atom is 0.233 e. The van der Waals surface area contributed by atoms with Gasteiger partial charge in [0.1, 0.15) is 0 Å². The van der Waals surface area contributed by atoms with Crippen LogP contribution in [0, 0.1) is 6.92 Å². The Morgan fingerprint density at radius 2 is 1.93 bits per heavy atom. The van der Waals surface area contributed by atoms with Gasteiger partial charge in [0.2, 0.25) is 11.0 Å². The van der Waals surface area contributed by atoms with Gasteiger partial charge in [0.05, 0.1) is 5.75 Å². The molecule has 0 aliphatic carbocycles. The Kier molecular flexibility index (Phi) is 7.06. The van der Waals surface area contributed by atoms with Crippen molar-refractivity contribution in [3.8, 4) is 0 Å². The Bertz CT molecular complexity index is 912. The maximum absolute atomic E-state index is 12.7. The molecule has 0 unspecified atom stereocenters. The van der Waals surface area contributed by atoms with Crippen molar-refractivity contribution in [2.24, 2.45) is 0 Å². The fourth-order valence-electron chi connectivity index (χ4n) is 2.71. The molecule has 1 N–H and O–H groups in total. The Labute approximate surface area is 174 Å². The lowest BCUT2D eigenvalue weighted by molar-refractivity contribution is -0.130. The van der Waals surface area contributed by atoms with E-state index in [1.54, 1.807) is 0 Å². The van der Waals surface area contributed by atoms with Gasteiger partial charge in [0, 0.05) is 18.3 Å². The van der Waals surface area contributed by atoms with Crippen molar-refractivity contribution in [3.63, 3.8) is 0 Å². The van der Waals surface area contributed by atoms with Crippen molar-refractivity contribution in [1.29, 1.82) is 0 Å². The minimum atomic E-state index is 0.104. The molecule has 7 heteroatoms. The van der Waals surface area contributed by atoms with Crippen molar-refractivity contribution in [2.75, 3.05) is 11.1 Å². The molecule has 28 heavy (non-hydrogen) atoms. The van der Waals surface area contributed by atoms with E-state index in [1.807, 2.05) is 74.2 Å². The summed E-state index contributed by atoms with van der Waals surface area (Å²) in [5, 5.41) is 12.4. The van der Waals surface area contributed by atoms with Crippen molar-refractivity contribution in [2.45, 2.75) is 37.7 Å². The first-order chi connectivity index (χ1) is 13.5. The normalized spacial score (nSPS) is 10.9. The fourth-order valence-corrected chi connectivity index (χ4v) is 4.37. The van der Waals surface area contributed by atoms with Crippen LogP contribution in [0.15, 0.2) is 58.9 Å². The molecule has 0 spiro atoms. The number of nitrogens with zero attached hydrogens (tertiary/aromatic N) is 3. The maximum atomic E-state index is 12.7. The number of aryl methyl sites for hydroxylation is 1. The number of rotatable bonds is 8. The molecule has 1 heterocycles. The number of nitrogens with one attached hydrogen (secondary N) is 1. The van der Waals surface area contributed by atoms with E-state index in [9.17, 15) is 4.79 Å². The van der Waals surface area contributed by atoms with Gasteiger partial charge in [-0.3, -0.25) is 4.79 Å². The summed E-state index contributed by atoms with van der Waals surface area (Å²) < 4.78 is 0.784. The number of anilines is 2. The van der Waals surface area contributed by atoms with Gasteiger partial charge in [-0.15, -0.1) is 10.2 Å². The minimum Gasteiger partial charge on any atom is -0.335 e. The molecule has 2 aromatic carbocycles. The van der Waals surface area contributed by atoms with Crippen LogP contribution in [-0.4, -0.2) is 32.8 Å². The second-order valence-electron chi connectivity index (χ2n) is 6.76. The molecule has 0 aliphatic heterocycles. The molecular weight excluding hydrogens is 388 g/mol. The van der Waals surface area contributed by atoms with E-state index in [2.05, 4.69) is 21.6 Å². The van der Waals surface area contributed by atoms with Crippen LogP contribution in [0.5, 0.6) is 0 Å². The van der Waals surface area contributed by atoms with Crippen molar-refractivity contribution in [3.05, 3.63) is 65.7 Å². The second kappa shape index (κ2) is 9.71. The molecule has 3 rings (SSSR count). The lowest BCUT2D eigenvalue weighted by atomic mass is 10.2. The van der Waals surface area contributed by atoms with Crippen LogP contribution in [0.1, 0.15) is 25.0 Å². The fraction of sp³-hybridized carbons (Fsp3) is 0.286. The van der Waals surface area contributed by atoms with Crippen molar-refractivity contribution >= 4 is 39.8 Å². The van der Waals surface area contributed by atoms with Gasteiger partial charge < -0.3 is 10.2 Å². The highest BCUT2D eigenvalue weighted by Crippen LogP contribution is 2.28. The Morgan fingerprint density at radius 1 is 1.14 bits per heavy atom. The monoisotopic (exact) mass is 412 g/mol. The first-order valence-corrected chi connectivity index (χ1v) is 10.9. The van der Waals surface area contributed by atoms with E-state index >= 15 is 0 Å². The molecule has 146 valence electrons. The molecule has 0 radical (unpaired) electrons. The number of amides is 1. The van der Waals surface area contributed by atoms with Gasteiger partial charge in [-0.1, -0.05) is 65.6 Å². The van der Waals surface area contributed by atoms with Crippen LogP contribution in [-0.2, 0) is 11.3 Å². The molecule has 0 saturated heterocycles. The Hall–Kier alpha value is -2.38. The highest BCUT2D eigenvalue weighted by atomic mass is 32.2. The summed E-state index contributed by atoms with van der Waals surface area (Å²) in [6.07, 6.45) is 0. The van der Waals surface area contributed by atoms with Crippen LogP contribution in [0.4, 0.5) is 10.8 Å². The van der Waals surface area contributed by atoms with Crippen molar-refractivity contribution in [1.82, 2.24) is 15.1 Å². The largest absolute Gasteiger partial charge is 0.335 e. The standard InChI is InChI=1S/C21H24N4OS2/c1-15(2)25(13-17-9-5-4-6-10-17)19(26)14-27-21-24-23-20(28-21)22-18-11-7-8-16(3)12-18/h4-12,15H,13-14H2,1-3H3,(H,22,23). The Morgan fingerprint density at radius 3 is 2.64 bits per heavy atom. The molecule has 0 saturated carbocycles. The number of carbonyl (C=O) groups is 1. The van der Waals surface area contributed by atoms with Crippen LogP contribution >= 0.6 is 23.1 Å². The van der Waals surface area contributed by atoms with Crippen LogP contribution < -0.4 is 5.32 Å². The summed E-state index contributed by atoms with van der Waals surface area (Å²) in [7, 11) is 0. The molecular formula is C21H24N4OS2. The summed E-state index contributed by atoms with van der Waals surface area (Å²) in [4.78, 5) is 14.6. The summed E-state index contributed by atoms with van der Waals surface area (Å²) in [5.74, 6) is 0.455. The number of carbonyl (C=O) groups excluding carboxylic acids is 1. The first-order valence-electron chi connectivity index (χ1n) is 9.14. The highest BCUT2D eigenvalue weighted by Gasteiger charge is 2.18. The SMILES string of the molecule is Cc1cccc(Nc2nnc(SCC(=O)N(Cc3ccccc3)C(C)C)s2)c1. The van der Waals surface area contributed by atoms with Crippen LogP contribution in [0.3, 0.4) is 0 Å². The third kappa shape index (κ3) is 5.81. The summed E-state index contributed by atoms with van der Waals surface area (Å²) in [5.41, 5.74) is 3.30. The molecule has 0 bridgehead atoms. The summed E-state index contributed by atoms with van der Waals surface area (Å²) in [6, 6.07) is 18.3. The minimum absolute atomic E-state index is 0.104. The summed E-state index contributed by atoms with van der Waals surface area (Å²) >= 11 is 2.89. The van der Waals surface area contributed by atoms with E-state index in [-0.39, 0.29) is 11.9 Å². The second-order valence-corrected chi connectivity index (χ2v) is 8.96. The number of aromatic nitrogens is 2. The highest BCUT2D eigenvalue weighted by molar-refractivity contribution is 8.01. The predicted molar refractivity (Wildman–Crippen MR) is 117 cm³/mol. The lowest BCUT2D eigenvalue weighted by Crippen LogP contribution is -2.37. The topological polar surface area (TPSA) is 58.1 Å². The van der Waals surface area contributed by atoms with E-state index < -0.39 is 0 Å². The van der Waals surface area contributed by atoms with E-state index in [0.717, 1.165) is 20.7 Å². The molecule has 5 nitrogen and oxygen atoms in total. The lowest BCUT2D eigenvalue weighted by Gasteiger charge is -2.26. The third-order valence-corrected chi connectivity index (χ3v) is 6.09. The van der Waals surface area contributed by atoms with Crippen LogP contribution in [0.2, 0.25) is 0 Å². The molecule has 1 aromatic heterocycles. The quantitative estimate of drug-likeness (QED) is 0.521. The van der Waals surface area contributed by atoms with E-state index in [0.29, 0.717) is 12.3 Å². The van der Waals surface area contributed by atoms with Gasteiger partial charge in [-0.25, -0.2) is 0 Å². The molecule has 0 atom stereocenters. The molecule has 3 aromatic rings. The van der Waals surface area contributed by atoms with Crippen LogP contribution in [0.25, 0.3) is 0 Å². The van der Waals surface area contributed by atoms with Gasteiger partial charge in [0.25, 0.3) is 0 Å². The molecule has 1 amide bonds. The van der Waals surface area contributed by atoms with Crippen molar-refractivity contribution < 1.29 is 4.79 Å². The first kappa shape index (κ1) is 20.4. The zero-order valence-corrected chi connectivity index (χ0v) is 17.9. The average Bonchev–Trinajstić information content (AvgIpc) is 3.12. The summed E-state index contributed by atoms with van der Waals surface area (Å²) in [6.45, 7) is 6.75. The van der Waals surface area contributed by atoms with Gasteiger partial charge in [0.15, 0.2) is 4.34 Å².